The maximum Gasteiger partial charge on any atom is 4.00 e. The van der Waals surface area contributed by atoms with Crippen LogP contribution in [0.5, 0.6) is 0 Å². The first-order valence-corrected chi connectivity index (χ1v) is 11.4. The average Bonchev–Trinajstić information content (AvgIpc) is 2.83. The van der Waals surface area contributed by atoms with Crippen molar-refractivity contribution in [2.75, 3.05) is 0 Å². The SMILES string of the molecule is Cc1cc(C)c(C)c(C(C)(C)[c-]2ccc([Si](C)(C)C)c2)c1.[Cl-].[Cl-].[Cl-].[Ti+4]. The van der Waals surface area contributed by atoms with Crippen molar-refractivity contribution in [1.82, 2.24) is 0 Å². The van der Waals surface area contributed by atoms with Gasteiger partial charge < -0.3 is 37.2 Å². The Hall–Kier alpha value is 0.371. The molecule has 2 rings (SSSR count). The molecule has 0 radical (unpaired) electrons. The van der Waals surface area contributed by atoms with Gasteiger partial charge in [-0.1, -0.05) is 51.2 Å². The van der Waals surface area contributed by atoms with Gasteiger partial charge in [0.15, 0.2) is 0 Å². The molecule has 0 atom stereocenters. The Labute approximate surface area is 189 Å². The smallest absolute Gasteiger partial charge is 1.00 e. The Morgan fingerprint density at radius 1 is 0.920 bits per heavy atom. The molecule has 2 aromatic rings. The molecule has 0 aliphatic rings. The molecule has 0 saturated carbocycles. The van der Waals surface area contributed by atoms with Gasteiger partial charge in [0.05, 0.1) is 0 Å². The molecule has 0 heterocycles. The normalized spacial score (nSPS) is 10.7. The van der Waals surface area contributed by atoms with Gasteiger partial charge in [-0.05, 0) is 42.9 Å². The van der Waals surface area contributed by atoms with E-state index in [1.165, 1.54) is 27.8 Å². The molecule has 0 aliphatic carbocycles. The fourth-order valence-corrected chi connectivity index (χ4v) is 4.31. The standard InChI is InChI=1S/C20H29Si.3ClH.Ti/c1-14-11-15(2)16(3)19(12-14)20(4,5)17-9-10-18(13-17)21(6,7)8;;;;/h9-13H,1-8H3;3*1H;/q-1;;;;+4/p-3. The van der Waals surface area contributed by atoms with Crippen LogP contribution < -0.4 is 42.4 Å². The predicted octanol–water partition coefficient (Wildman–Crippen LogP) is -3.79. The van der Waals surface area contributed by atoms with Crippen LogP contribution in [0.4, 0.5) is 0 Å². The van der Waals surface area contributed by atoms with E-state index in [9.17, 15) is 0 Å². The van der Waals surface area contributed by atoms with Gasteiger partial charge in [-0.25, -0.2) is 11.3 Å². The fraction of sp³-hybridized carbons (Fsp3) is 0.450. The van der Waals surface area contributed by atoms with E-state index in [-0.39, 0.29) is 64.4 Å². The van der Waals surface area contributed by atoms with Crippen LogP contribution in [0.2, 0.25) is 19.6 Å². The fourth-order valence-electron chi connectivity index (χ4n) is 3.14. The van der Waals surface area contributed by atoms with Crippen molar-refractivity contribution in [3.05, 3.63) is 58.1 Å². The molecule has 0 nitrogen and oxygen atoms in total. The van der Waals surface area contributed by atoms with E-state index in [1.807, 2.05) is 0 Å². The summed E-state index contributed by atoms with van der Waals surface area (Å²) in [6, 6.07) is 11.8. The summed E-state index contributed by atoms with van der Waals surface area (Å²) in [5, 5.41) is 1.56. The van der Waals surface area contributed by atoms with E-state index in [0.717, 1.165) is 0 Å². The van der Waals surface area contributed by atoms with Gasteiger partial charge in [0.2, 0.25) is 0 Å². The average molecular weight is 452 g/mol. The summed E-state index contributed by atoms with van der Waals surface area (Å²) in [5.74, 6) is 0. The molecule has 0 aliphatic heterocycles. The van der Waals surface area contributed by atoms with Crippen LogP contribution in [0.3, 0.4) is 0 Å². The van der Waals surface area contributed by atoms with Crippen molar-refractivity contribution in [2.24, 2.45) is 0 Å². The van der Waals surface area contributed by atoms with E-state index in [0.29, 0.717) is 0 Å². The molecular weight excluding hydrogens is 423 g/mol. The molecule has 0 amide bonds. The second kappa shape index (κ2) is 10.6. The second-order valence-corrected chi connectivity index (χ2v) is 13.1. The number of aryl methyl sites for hydroxylation is 2. The van der Waals surface area contributed by atoms with Crippen LogP contribution in [0.25, 0.3) is 0 Å². The van der Waals surface area contributed by atoms with Crippen LogP contribution in [-0.2, 0) is 27.1 Å². The third-order valence-corrected chi connectivity index (χ3v) is 6.87. The van der Waals surface area contributed by atoms with Crippen LogP contribution >= 0.6 is 0 Å². The summed E-state index contributed by atoms with van der Waals surface area (Å²) in [6.07, 6.45) is 0. The number of hydrogen-bond donors (Lipinski definition) is 0. The molecule has 25 heavy (non-hydrogen) atoms. The number of rotatable bonds is 3. The maximum atomic E-state index is 2.45. The molecule has 138 valence electrons. The van der Waals surface area contributed by atoms with E-state index < -0.39 is 8.07 Å². The van der Waals surface area contributed by atoms with Crippen molar-refractivity contribution in [3.8, 4) is 0 Å². The van der Waals surface area contributed by atoms with Gasteiger partial charge in [0, 0.05) is 8.07 Å². The van der Waals surface area contributed by atoms with Crippen LogP contribution in [0.15, 0.2) is 30.3 Å². The Balaban J connectivity index is -0.00000121. The van der Waals surface area contributed by atoms with Gasteiger partial charge in [-0.15, -0.1) is 5.56 Å². The molecule has 2 aromatic carbocycles. The summed E-state index contributed by atoms with van der Waals surface area (Å²) in [7, 11) is -1.23. The number of halogens is 3. The summed E-state index contributed by atoms with van der Waals surface area (Å²) in [5.41, 5.74) is 7.17. The Morgan fingerprint density at radius 2 is 1.44 bits per heavy atom. The third kappa shape index (κ3) is 6.48. The molecule has 0 aromatic heterocycles. The minimum Gasteiger partial charge on any atom is -1.00 e. The zero-order chi connectivity index (χ0) is 16.0. The van der Waals surface area contributed by atoms with E-state index >= 15 is 0 Å². The van der Waals surface area contributed by atoms with Crippen molar-refractivity contribution < 1.29 is 58.9 Å². The van der Waals surface area contributed by atoms with E-state index in [4.69, 9.17) is 0 Å². The molecule has 0 bridgehead atoms. The van der Waals surface area contributed by atoms with E-state index in [2.05, 4.69) is 84.6 Å². The van der Waals surface area contributed by atoms with Crippen LogP contribution in [-0.4, -0.2) is 8.07 Å². The van der Waals surface area contributed by atoms with Crippen molar-refractivity contribution in [3.63, 3.8) is 0 Å². The largest absolute Gasteiger partial charge is 4.00 e. The van der Waals surface area contributed by atoms with Gasteiger partial charge in [-0.3, -0.25) is 0 Å². The minimum atomic E-state index is -1.23. The second-order valence-electron chi connectivity index (χ2n) is 8.02. The maximum absolute atomic E-state index is 2.45. The molecule has 0 N–H and O–H groups in total. The third-order valence-electron chi connectivity index (χ3n) is 4.83. The molecule has 5 heteroatoms. The predicted molar refractivity (Wildman–Crippen MR) is 97.8 cm³/mol. The summed E-state index contributed by atoms with van der Waals surface area (Å²) in [6.45, 7) is 18.7. The number of benzene rings is 1. The zero-order valence-electron chi connectivity index (χ0n) is 16.5. The Kier molecular flexibility index (Phi) is 12.8. The van der Waals surface area contributed by atoms with Gasteiger partial charge in [-0.2, -0.15) is 12.1 Å². The van der Waals surface area contributed by atoms with E-state index in [1.54, 1.807) is 5.19 Å². The zero-order valence-corrected chi connectivity index (χ0v) is 21.3. The quantitative estimate of drug-likeness (QED) is 0.332. The van der Waals surface area contributed by atoms with Gasteiger partial charge >= 0.3 is 21.7 Å². The monoisotopic (exact) mass is 450 g/mol. The first-order valence-electron chi connectivity index (χ1n) is 7.89. The van der Waals surface area contributed by atoms with Crippen LogP contribution in [0, 0.1) is 20.8 Å². The van der Waals surface area contributed by atoms with Crippen molar-refractivity contribution >= 4 is 13.3 Å². The first-order chi connectivity index (χ1) is 9.53. The summed E-state index contributed by atoms with van der Waals surface area (Å²) < 4.78 is 0. The first kappa shape index (κ1) is 30.1. The molecule has 0 saturated heterocycles. The molecule has 0 unspecified atom stereocenters. The Morgan fingerprint density at radius 3 is 1.88 bits per heavy atom. The van der Waals surface area contributed by atoms with Crippen molar-refractivity contribution in [1.29, 1.82) is 0 Å². The minimum absolute atomic E-state index is 0. The summed E-state index contributed by atoms with van der Waals surface area (Å²) >= 11 is 0. The Bertz CT molecular complexity index is 670. The topological polar surface area (TPSA) is 0 Å². The molecular formula is C20H29Cl3SiTi. The van der Waals surface area contributed by atoms with Gasteiger partial charge in [0.25, 0.3) is 0 Å². The summed E-state index contributed by atoms with van der Waals surface area (Å²) in [4.78, 5) is 0. The number of hydrogen-bond acceptors (Lipinski definition) is 0. The van der Waals surface area contributed by atoms with Crippen molar-refractivity contribution in [2.45, 2.75) is 59.7 Å². The van der Waals surface area contributed by atoms with Crippen LogP contribution in [0.1, 0.15) is 41.7 Å². The van der Waals surface area contributed by atoms with Gasteiger partial charge in [0.1, 0.15) is 0 Å². The molecule has 0 spiro atoms. The molecule has 0 fully saturated rings.